The Bertz CT molecular complexity index is 497. The minimum Gasteiger partial charge on any atom is -0.355 e. The molecule has 0 aliphatic heterocycles. The molecular weight excluding hydrogens is 258 g/mol. The van der Waals surface area contributed by atoms with Crippen LogP contribution in [-0.2, 0) is 4.79 Å². The normalized spacial score (nSPS) is 10.6. The first-order valence-corrected chi connectivity index (χ1v) is 7.70. The smallest absolute Gasteiger partial charge is 0.232 e. The van der Waals surface area contributed by atoms with Crippen LogP contribution in [0.4, 0.5) is 0 Å². The standard InChI is InChI=1S/C19H23NO/c1-2-3-10-15-20-19(21)18(16-11-6-4-7-12-16)17-13-8-5-9-14-17/h4-9,11-14,18H,2-3,10,15H2,1H3,(H,20,21). The van der Waals surface area contributed by atoms with Gasteiger partial charge in [0.2, 0.25) is 5.91 Å². The molecule has 0 saturated heterocycles. The quantitative estimate of drug-likeness (QED) is 0.760. The molecule has 0 aliphatic rings. The van der Waals surface area contributed by atoms with Crippen LogP contribution < -0.4 is 5.32 Å². The molecule has 0 heterocycles. The number of rotatable bonds is 7. The van der Waals surface area contributed by atoms with Gasteiger partial charge in [-0.3, -0.25) is 4.79 Å². The molecule has 0 bridgehead atoms. The van der Waals surface area contributed by atoms with Crippen molar-refractivity contribution >= 4 is 5.91 Å². The van der Waals surface area contributed by atoms with Crippen LogP contribution in [0.5, 0.6) is 0 Å². The lowest BCUT2D eigenvalue weighted by Crippen LogP contribution is -2.30. The molecule has 2 aromatic rings. The van der Waals surface area contributed by atoms with Crippen molar-refractivity contribution in [2.24, 2.45) is 0 Å². The summed E-state index contributed by atoms with van der Waals surface area (Å²) in [6.45, 7) is 2.92. The Morgan fingerprint density at radius 1 is 0.905 bits per heavy atom. The van der Waals surface area contributed by atoms with Crippen LogP contribution in [0.2, 0.25) is 0 Å². The molecule has 1 amide bonds. The highest BCUT2D eigenvalue weighted by Crippen LogP contribution is 2.24. The lowest BCUT2D eigenvalue weighted by atomic mass is 9.90. The van der Waals surface area contributed by atoms with Crippen molar-refractivity contribution in [1.82, 2.24) is 5.32 Å². The van der Waals surface area contributed by atoms with E-state index in [1.807, 2.05) is 60.7 Å². The van der Waals surface area contributed by atoms with E-state index in [9.17, 15) is 4.79 Å². The first-order chi connectivity index (χ1) is 10.3. The fourth-order valence-electron chi connectivity index (χ4n) is 2.47. The molecule has 2 heteroatoms. The van der Waals surface area contributed by atoms with E-state index in [2.05, 4.69) is 12.2 Å². The number of hydrogen-bond acceptors (Lipinski definition) is 1. The van der Waals surface area contributed by atoms with Crippen LogP contribution in [0.3, 0.4) is 0 Å². The Morgan fingerprint density at radius 3 is 1.90 bits per heavy atom. The maximum Gasteiger partial charge on any atom is 0.232 e. The lowest BCUT2D eigenvalue weighted by Gasteiger charge is -2.17. The minimum atomic E-state index is -0.228. The Morgan fingerprint density at radius 2 is 1.43 bits per heavy atom. The molecule has 110 valence electrons. The summed E-state index contributed by atoms with van der Waals surface area (Å²) < 4.78 is 0. The zero-order valence-electron chi connectivity index (χ0n) is 12.6. The van der Waals surface area contributed by atoms with E-state index in [1.165, 1.54) is 0 Å². The molecule has 0 unspecified atom stereocenters. The van der Waals surface area contributed by atoms with Crippen LogP contribution in [0, 0.1) is 0 Å². The zero-order chi connectivity index (χ0) is 14.9. The molecule has 0 radical (unpaired) electrons. The Balaban J connectivity index is 2.15. The van der Waals surface area contributed by atoms with Gasteiger partial charge < -0.3 is 5.32 Å². The summed E-state index contributed by atoms with van der Waals surface area (Å²) in [5.74, 6) is -0.141. The second-order valence-corrected chi connectivity index (χ2v) is 5.25. The second kappa shape index (κ2) is 8.25. The van der Waals surface area contributed by atoms with Crippen LogP contribution in [-0.4, -0.2) is 12.5 Å². The van der Waals surface area contributed by atoms with Gasteiger partial charge in [0, 0.05) is 6.54 Å². The molecule has 21 heavy (non-hydrogen) atoms. The van der Waals surface area contributed by atoms with Crippen molar-refractivity contribution in [2.75, 3.05) is 6.54 Å². The summed E-state index contributed by atoms with van der Waals surface area (Å²) >= 11 is 0. The van der Waals surface area contributed by atoms with E-state index in [4.69, 9.17) is 0 Å². The summed E-state index contributed by atoms with van der Waals surface area (Å²) in [6.07, 6.45) is 3.36. The molecule has 0 fully saturated rings. The van der Waals surface area contributed by atoms with Crippen molar-refractivity contribution in [2.45, 2.75) is 32.1 Å². The van der Waals surface area contributed by atoms with Gasteiger partial charge >= 0.3 is 0 Å². The molecule has 0 aromatic heterocycles. The number of carbonyl (C=O) groups excluding carboxylic acids is 1. The zero-order valence-corrected chi connectivity index (χ0v) is 12.6. The van der Waals surface area contributed by atoms with Gasteiger partial charge in [0.25, 0.3) is 0 Å². The molecule has 2 rings (SSSR count). The third-order valence-corrected chi connectivity index (χ3v) is 3.61. The summed E-state index contributed by atoms with van der Waals surface area (Å²) in [4.78, 5) is 12.6. The highest BCUT2D eigenvalue weighted by atomic mass is 16.1. The van der Waals surface area contributed by atoms with E-state index < -0.39 is 0 Å². The largest absolute Gasteiger partial charge is 0.355 e. The van der Waals surface area contributed by atoms with E-state index in [-0.39, 0.29) is 11.8 Å². The van der Waals surface area contributed by atoms with Gasteiger partial charge in [0.05, 0.1) is 5.92 Å². The maximum absolute atomic E-state index is 12.6. The molecule has 1 N–H and O–H groups in total. The highest BCUT2D eigenvalue weighted by Gasteiger charge is 2.21. The fourth-order valence-corrected chi connectivity index (χ4v) is 2.47. The predicted molar refractivity (Wildman–Crippen MR) is 87.3 cm³/mol. The average molecular weight is 281 g/mol. The predicted octanol–water partition coefficient (Wildman–Crippen LogP) is 4.12. The summed E-state index contributed by atoms with van der Waals surface area (Å²) in [5, 5.41) is 3.08. The molecule has 2 nitrogen and oxygen atoms in total. The Hall–Kier alpha value is -2.09. The highest BCUT2D eigenvalue weighted by molar-refractivity contribution is 5.87. The monoisotopic (exact) mass is 281 g/mol. The fraction of sp³-hybridized carbons (Fsp3) is 0.316. The van der Waals surface area contributed by atoms with Gasteiger partial charge in [0.15, 0.2) is 0 Å². The first-order valence-electron chi connectivity index (χ1n) is 7.70. The SMILES string of the molecule is CCCCCNC(=O)C(c1ccccc1)c1ccccc1. The molecule has 0 atom stereocenters. The van der Waals surface area contributed by atoms with Crippen molar-refractivity contribution in [1.29, 1.82) is 0 Å². The van der Waals surface area contributed by atoms with Crippen molar-refractivity contribution in [3.05, 3.63) is 71.8 Å². The van der Waals surface area contributed by atoms with Gasteiger partial charge in [0.1, 0.15) is 0 Å². The van der Waals surface area contributed by atoms with E-state index in [1.54, 1.807) is 0 Å². The van der Waals surface area contributed by atoms with Crippen LogP contribution >= 0.6 is 0 Å². The number of carbonyl (C=O) groups is 1. The van der Waals surface area contributed by atoms with E-state index >= 15 is 0 Å². The van der Waals surface area contributed by atoms with Crippen molar-refractivity contribution in [3.8, 4) is 0 Å². The summed E-state index contributed by atoms with van der Waals surface area (Å²) in [7, 11) is 0. The van der Waals surface area contributed by atoms with Gasteiger partial charge in [-0.1, -0.05) is 80.4 Å². The Kier molecular flexibility index (Phi) is 6.01. The van der Waals surface area contributed by atoms with Crippen LogP contribution in [0.15, 0.2) is 60.7 Å². The van der Waals surface area contributed by atoms with Crippen molar-refractivity contribution in [3.63, 3.8) is 0 Å². The van der Waals surface area contributed by atoms with Gasteiger partial charge in [-0.05, 0) is 17.5 Å². The topological polar surface area (TPSA) is 29.1 Å². The lowest BCUT2D eigenvalue weighted by molar-refractivity contribution is -0.121. The van der Waals surface area contributed by atoms with Gasteiger partial charge in [-0.2, -0.15) is 0 Å². The van der Waals surface area contributed by atoms with Crippen molar-refractivity contribution < 1.29 is 4.79 Å². The molecule has 0 saturated carbocycles. The number of unbranched alkanes of at least 4 members (excludes halogenated alkanes) is 2. The third-order valence-electron chi connectivity index (χ3n) is 3.61. The van der Waals surface area contributed by atoms with Gasteiger partial charge in [-0.25, -0.2) is 0 Å². The molecule has 0 spiro atoms. The summed E-state index contributed by atoms with van der Waals surface area (Å²) in [6, 6.07) is 19.9. The molecule has 0 aliphatic carbocycles. The minimum absolute atomic E-state index is 0.0866. The van der Waals surface area contributed by atoms with Crippen LogP contribution in [0.1, 0.15) is 43.2 Å². The maximum atomic E-state index is 12.6. The number of nitrogens with one attached hydrogen (secondary N) is 1. The summed E-state index contributed by atoms with van der Waals surface area (Å²) in [5.41, 5.74) is 2.08. The van der Waals surface area contributed by atoms with Crippen LogP contribution in [0.25, 0.3) is 0 Å². The van der Waals surface area contributed by atoms with Gasteiger partial charge in [-0.15, -0.1) is 0 Å². The molecular formula is C19H23NO. The number of hydrogen-bond donors (Lipinski definition) is 1. The van der Waals surface area contributed by atoms with E-state index in [0.717, 1.165) is 36.9 Å². The van der Waals surface area contributed by atoms with E-state index in [0.29, 0.717) is 0 Å². The first kappa shape index (κ1) is 15.3. The molecule has 2 aromatic carbocycles. The third kappa shape index (κ3) is 4.45. The average Bonchev–Trinajstić information content (AvgIpc) is 2.54. The second-order valence-electron chi connectivity index (χ2n) is 5.25. The number of benzene rings is 2. The Labute approximate surface area is 127 Å². The number of amides is 1.